The molecule has 5 nitrogen and oxygen atoms in total. The van der Waals surface area contributed by atoms with Crippen molar-refractivity contribution in [2.45, 2.75) is 38.9 Å². The van der Waals surface area contributed by atoms with E-state index in [0.29, 0.717) is 0 Å². The van der Waals surface area contributed by atoms with Gasteiger partial charge in [0.25, 0.3) is 0 Å². The minimum Gasteiger partial charge on any atom is -0.400 e. The first-order chi connectivity index (χ1) is 11.3. The van der Waals surface area contributed by atoms with E-state index < -0.39 is 0 Å². The summed E-state index contributed by atoms with van der Waals surface area (Å²) in [5.74, 6) is 3.01. The SMILES string of the molecule is CN1CCN(c2ccc(/C=C/B3OC(C)(C)C(C)(C)O3)cn2)CC1. The lowest BCUT2D eigenvalue weighted by Gasteiger charge is -2.33. The first kappa shape index (κ1) is 17.5. The molecule has 0 saturated carbocycles. The largest absolute Gasteiger partial charge is 0.487 e. The molecule has 0 N–H and O–H groups in total. The smallest absolute Gasteiger partial charge is 0.400 e. The number of hydrogen-bond donors (Lipinski definition) is 0. The molecule has 2 aliphatic rings. The van der Waals surface area contributed by atoms with Crippen LogP contribution in [0.5, 0.6) is 0 Å². The quantitative estimate of drug-likeness (QED) is 0.797. The predicted octanol–water partition coefficient (Wildman–Crippen LogP) is 2.48. The highest BCUT2D eigenvalue weighted by Crippen LogP contribution is 2.37. The third-order valence-electron chi connectivity index (χ3n) is 5.32. The van der Waals surface area contributed by atoms with Crippen LogP contribution in [0.15, 0.2) is 24.3 Å². The minimum absolute atomic E-state index is 0.300. The molecular weight excluding hydrogens is 301 g/mol. The molecule has 0 bridgehead atoms. The number of nitrogens with zero attached hydrogens (tertiary/aromatic N) is 3. The Balaban J connectivity index is 1.61. The summed E-state index contributed by atoms with van der Waals surface area (Å²) in [7, 11) is 1.85. The van der Waals surface area contributed by atoms with Gasteiger partial charge in [-0.05, 0) is 52.4 Å². The number of likely N-dealkylation sites (N-methyl/N-ethyl adjacent to an activating group) is 1. The average Bonchev–Trinajstić information content (AvgIpc) is 2.74. The summed E-state index contributed by atoms with van der Waals surface area (Å²) in [6.07, 6.45) is 3.93. The van der Waals surface area contributed by atoms with E-state index in [1.54, 1.807) is 0 Å². The Hall–Kier alpha value is -1.37. The molecule has 2 aliphatic heterocycles. The molecule has 0 spiro atoms. The van der Waals surface area contributed by atoms with Gasteiger partial charge in [-0.15, -0.1) is 0 Å². The lowest BCUT2D eigenvalue weighted by atomic mass is 9.89. The van der Waals surface area contributed by atoms with Crippen LogP contribution in [0, 0.1) is 0 Å². The van der Waals surface area contributed by atoms with Crippen molar-refractivity contribution in [1.82, 2.24) is 9.88 Å². The molecule has 1 aromatic heterocycles. The molecule has 2 saturated heterocycles. The maximum atomic E-state index is 5.97. The van der Waals surface area contributed by atoms with Crippen LogP contribution in [0.1, 0.15) is 33.3 Å². The van der Waals surface area contributed by atoms with Gasteiger partial charge in [-0.3, -0.25) is 0 Å². The Morgan fingerprint density at radius 2 is 1.67 bits per heavy atom. The highest BCUT2D eigenvalue weighted by Gasteiger charge is 2.49. The van der Waals surface area contributed by atoms with Crippen molar-refractivity contribution in [3.8, 4) is 0 Å². The molecule has 0 amide bonds. The standard InChI is InChI=1S/C18H28BN3O2/c1-17(2)18(3,4)24-19(23-17)9-8-15-6-7-16(20-14-15)22-12-10-21(5)11-13-22/h6-9,14H,10-13H2,1-5H3/b9-8+. The van der Waals surface area contributed by atoms with E-state index in [4.69, 9.17) is 9.31 Å². The highest BCUT2D eigenvalue weighted by atomic mass is 16.7. The molecule has 3 heterocycles. The fourth-order valence-corrected chi connectivity index (χ4v) is 2.88. The number of piperazine rings is 1. The van der Waals surface area contributed by atoms with Gasteiger partial charge in [-0.25, -0.2) is 4.98 Å². The van der Waals surface area contributed by atoms with Gasteiger partial charge in [0.05, 0.1) is 11.2 Å². The van der Waals surface area contributed by atoms with Crippen molar-refractivity contribution in [2.24, 2.45) is 0 Å². The first-order valence-corrected chi connectivity index (χ1v) is 8.70. The Morgan fingerprint density at radius 3 is 2.21 bits per heavy atom. The second-order valence-electron chi connectivity index (χ2n) is 7.72. The van der Waals surface area contributed by atoms with Crippen LogP contribution in [-0.2, 0) is 9.31 Å². The van der Waals surface area contributed by atoms with Gasteiger partial charge in [0.2, 0.25) is 0 Å². The monoisotopic (exact) mass is 329 g/mol. The van der Waals surface area contributed by atoms with Crippen molar-refractivity contribution in [1.29, 1.82) is 0 Å². The van der Waals surface area contributed by atoms with Crippen LogP contribution in [-0.4, -0.2) is 61.4 Å². The van der Waals surface area contributed by atoms with Gasteiger partial charge >= 0.3 is 7.12 Å². The number of pyridine rings is 1. The molecule has 0 aliphatic carbocycles. The summed E-state index contributed by atoms with van der Waals surface area (Å²) in [5, 5.41) is 0. The average molecular weight is 329 g/mol. The molecule has 3 rings (SSSR count). The summed E-state index contributed by atoms with van der Waals surface area (Å²) >= 11 is 0. The topological polar surface area (TPSA) is 37.8 Å². The Bertz CT molecular complexity index is 577. The molecular formula is C18H28BN3O2. The van der Waals surface area contributed by atoms with Gasteiger partial charge < -0.3 is 19.1 Å². The van der Waals surface area contributed by atoms with Crippen LogP contribution in [0.25, 0.3) is 6.08 Å². The van der Waals surface area contributed by atoms with E-state index in [9.17, 15) is 0 Å². The van der Waals surface area contributed by atoms with E-state index in [1.165, 1.54) is 0 Å². The normalized spacial score (nSPS) is 24.0. The molecule has 130 valence electrons. The number of aromatic nitrogens is 1. The minimum atomic E-state index is -0.313. The third-order valence-corrected chi connectivity index (χ3v) is 5.32. The summed E-state index contributed by atoms with van der Waals surface area (Å²) in [4.78, 5) is 9.28. The number of anilines is 1. The first-order valence-electron chi connectivity index (χ1n) is 8.70. The molecule has 24 heavy (non-hydrogen) atoms. The van der Waals surface area contributed by atoms with Gasteiger partial charge in [-0.2, -0.15) is 0 Å². The molecule has 0 atom stereocenters. The zero-order valence-electron chi connectivity index (χ0n) is 15.5. The maximum absolute atomic E-state index is 5.97. The summed E-state index contributed by atoms with van der Waals surface area (Å²) in [6, 6.07) is 4.19. The van der Waals surface area contributed by atoms with Crippen molar-refractivity contribution in [3.05, 3.63) is 29.9 Å². The molecule has 0 unspecified atom stereocenters. The van der Waals surface area contributed by atoms with E-state index in [2.05, 4.69) is 61.7 Å². The summed E-state index contributed by atoms with van der Waals surface area (Å²) in [6.45, 7) is 12.5. The highest BCUT2D eigenvalue weighted by molar-refractivity contribution is 6.52. The molecule has 1 aromatic rings. The maximum Gasteiger partial charge on any atom is 0.487 e. The van der Waals surface area contributed by atoms with E-state index >= 15 is 0 Å². The van der Waals surface area contributed by atoms with Gasteiger partial charge in [0.15, 0.2) is 0 Å². The zero-order valence-corrected chi connectivity index (χ0v) is 15.5. The van der Waals surface area contributed by atoms with Crippen molar-refractivity contribution in [2.75, 3.05) is 38.1 Å². The van der Waals surface area contributed by atoms with Crippen LogP contribution >= 0.6 is 0 Å². The lowest BCUT2D eigenvalue weighted by molar-refractivity contribution is 0.00578. The van der Waals surface area contributed by atoms with E-state index in [0.717, 1.165) is 37.6 Å². The van der Waals surface area contributed by atoms with Crippen molar-refractivity contribution in [3.63, 3.8) is 0 Å². The summed E-state index contributed by atoms with van der Waals surface area (Å²) < 4.78 is 11.9. The third kappa shape index (κ3) is 3.66. The van der Waals surface area contributed by atoms with E-state index in [1.807, 2.05) is 18.2 Å². The Kier molecular flexibility index (Phi) is 4.73. The molecule has 2 fully saturated rings. The molecule has 0 aromatic carbocycles. The van der Waals surface area contributed by atoms with E-state index in [-0.39, 0.29) is 18.3 Å². The second-order valence-corrected chi connectivity index (χ2v) is 7.72. The van der Waals surface area contributed by atoms with Crippen molar-refractivity contribution >= 4 is 19.0 Å². The van der Waals surface area contributed by atoms with Crippen LogP contribution in [0.4, 0.5) is 5.82 Å². The number of rotatable bonds is 3. The molecule has 6 heteroatoms. The van der Waals surface area contributed by atoms with Crippen LogP contribution in [0.2, 0.25) is 0 Å². The lowest BCUT2D eigenvalue weighted by Crippen LogP contribution is -2.44. The Morgan fingerprint density at radius 1 is 1.04 bits per heavy atom. The zero-order chi connectivity index (χ0) is 17.4. The number of hydrogen-bond acceptors (Lipinski definition) is 5. The fourth-order valence-electron chi connectivity index (χ4n) is 2.88. The summed E-state index contributed by atoms with van der Waals surface area (Å²) in [5.41, 5.74) is 0.458. The van der Waals surface area contributed by atoms with Gasteiger partial charge in [0.1, 0.15) is 5.82 Å². The Labute approximate surface area is 145 Å². The van der Waals surface area contributed by atoms with Gasteiger partial charge in [-0.1, -0.05) is 12.1 Å². The van der Waals surface area contributed by atoms with Crippen LogP contribution in [0.3, 0.4) is 0 Å². The van der Waals surface area contributed by atoms with Crippen LogP contribution < -0.4 is 4.90 Å². The molecule has 0 radical (unpaired) electrons. The fraction of sp³-hybridized carbons (Fsp3) is 0.611. The second kappa shape index (κ2) is 6.50. The predicted molar refractivity (Wildman–Crippen MR) is 99.1 cm³/mol. The van der Waals surface area contributed by atoms with Crippen molar-refractivity contribution < 1.29 is 9.31 Å². The van der Waals surface area contributed by atoms with Gasteiger partial charge in [0, 0.05) is 32.4 Å².